The molecule has 0 aliphatic rings. The Morgan fingerprint density at radius 2 is 2.16 bits per heavy atom. The standard InChI is InChI=1S/C14H15ClF3N5O2/c1-22(6-10-7-23(2)21-20-10)13(24)19-11-5-9(15)3-4-12(11)25-8-14(16,17)18/h3-5,7H,6,8H2,1-2H3,(H,19,24). The zero-order valence-corrected chi connectivity index (χ0v) is 14.1. The van der Waals surface area contributed by atoms with Crippen molar-refractivity contribution < 1.29 is 22.7 Å². The van der Waals surface area contributed by atoms with E-state index in [1.54, 1.807) is 13.2 Å². The third-order valence-electron chi connectivity index (χ3n) is 2.97. The van der Waals surface area contributed by atoms with Crippen LogP contribution in [0.2, 0.25) is 5.02 Å². The van der Waals surface area contributed by atoms with Gasteiger partial charge in [0.2, 0.25) is 0 Å². The van der Waals surface area contributed by atoms with Gasteiger partial charge in [-0.25, -0.2) is 4.79 Å². The second-order valence-corrected chi connectivity index (χ2v) is 5.65. The number of aromatic nitrogens is 3. The number of carbonyl (C=O) groups excluding carboxylic acids is 1. The van der Waals surface area contributed by atoms with E-state index in [4.69, 9.17) is 16.3 Å². The molecule has 0 bridgehead atoms. The van der Waals surface area contributed by atoms with Crippen LogP contribution in [0.1, 0.15) is 5.69 Å². The predicted octanol–water partition coefficient (Wildman–Crippen LogP) is 3.07. The highest BCUT2D eigenvalue weighted by atomic mass is 35.5. The first kappa shape index (κ1) is 18.8. The van der Waals surface area contributed by atoms with Crippen LogP contribution >= 0.6 is 11.6 Å². The van der Waals surface area contributed by atoms with Gasteiger partial charge in [0.05, 0.1) is 12.2 Å². The van der Waals surface area contributed by atoms with Crippen molar-refractivity contribution in [1.82, 2.24) is 19.9 Å². The summed E-state index contributed by atoms with van der Waals surface area (Å²) in [5, 5.41) is 10.3. The van der Waals surface area contributed by atoms with Gasteiger partial charge in [0.15, 0.2) is 6.61 Å². The first-order valence-corrected chi connectivity index (χ1v) is 7.38. The smallest absolute Gasteiger partial charge is 0.422 e. The number of rotatable bonds is 5. The molecular formula is C14H15ClF3N5O2. The maximum absolute atomic E-state index is 12.3. The first-order chi connectivity index (χ1) is 11.6. The largest absolute Gasteiger partial charge is 0.482 e. The third kappa shape index (κ3) is 5.82. The summed E-state index contributed by atoms with van der Waals surface area (Å²) < 4.78 is 43.2. The summed E-state index contributed by atoms with van der Waals surface area (Å²) in [6.07, 6.45) is -2.86. The lowest BCUT2D eigenvalue weighted by Crippen LogP contribution is -2.31. The zero-order valence-electron chi connectivity index (χ0n) is 13.3. The van der Waals surface area contributed by atoms with Gasteiger partial charge in [0.25, 0.3) is 0 Å². The molecule has 2 rings (SSSR count). The molecule has 0 aliphatic heterocycles. The number of hydrogen-bond acceptors (Lipinski definition) is 4. The molecule has 2 amide bonds. The molecule has 0 aliphatic carbocycles. The van der Waals surface area contributed by atoms with Gasteiger partial charge in [0, 0.05) is 25.3 Å². The average molecular weight is 378 g/mol. The lowest BCUT2D eigenvalue weighted by molar-refractivity contribution is -0.153. The number of carbonyl (C=O) groups is 1. The second-order valence-electron chi connectivity index (χ2n) is 5.21. The Hall–Kier alpha value is -2.49. The van der Waals surface area contributed by atoms with Crippen molar-refractivity contribution >= 4 is 23.3 Å². The number of hydrogen-bond donors (Lipinski definition) is 1. The lowest BCUT2D eigenvalue weighted by Gasteiger charge is -2.19. The van der Waals surface area contributed by atoms with E-state index in [1.165, 1.54) is 34.8 Å². The number of aryl methyl sites for hydroxylation is 1. The summed E-state index contributed by atoms with van der Waals surface area (Å²) >= 11 is 5.84. The van der Waals surface area contributed by atoms with Crippen molar-refractivity contribution in [2.45, 2.75) is 12.7 Å². The van der Waals surface area contributed by atoms with E-state index in [1.807, 2.05) is 0 Å². The van der Waals surface area contributed by atoms with Gasteiger partial charge in [-0.2, -0.15) is 13.2 Å². The van der Waals surface area contributed by atoms with Crippen molar-refractivity contribution in [3.63, 3.8) is 0 Å². The van der Waals surface area contributed by atoms with E-state index in [2.05, 4.69) is 15.6 Å². The highest BCUT2D eigenvalue weighted by molar-refractivity contribution is 6.31. The molecule has 1 heterocycles. The Morgan fingerprint density at radius 1 is 1.44 bits per heavy atom. The van der Waals surface area contributed by atoms with E-state index in [0.29, 0.717) is 5.69 Å². The molecule has 0 atom stereocenters. The number of nitrogens with one attached hydrogen (secondary N) is 1. The molecule has 0 unspecified atom stereocenters. The fourth-order valence-corrected chi connectivity index (χ4v) is 2.05. The number of anilines is 1. The van der Waals surface area contributed by atoms with Crippen LogP contribution in [0.15, 0.2) is 24.4 Å². The maximum atomic E-state index is 12.3. The van der Waals surface area contributed by atoms with Gasteiger partial charge >= 0.3 is 12.2 Å². The van der Waals surface area contributed by atoms with Crippen molar-refractivity contribution in [2.24, 2.45) is 7.05 Å². The number of nitrogens with zero attached hydrogens (tertiary/aromatic N) is 4. The van der Waals surface area contributed by atoms with Gasteiger partial charge in [-0.3, -0.25) is 4.68 Å². The molecule has 1 aromatic carbocycles. The van der Waals surface area contributed by atoms with Gasteiger partial charge in [-0.15, -0.1) is 5.10 Å². The number of amides is 2. The maximum Gasteiger partial charge on any atom is 0.422 e. The van der Waals surface area contributed by atoms with E-state index >= 15 is 0 Å². The molecule has 136 valence electrons. The SMILES string of the molecule is CN(Cc1cn(C)nn1)C(=O)Nc1cc(Cl)ccc1OCC(F)(F)F. The molecule has 0 radical (unpaired) electrons. The predicted molar refractivity (Wildman–Crippen MR) is 84.5 cm³/mol. The molecule has 7 nitrogen and oxygen atoms in total. The van der Waals surface area contributed by atoms with Gasteiger partial charge in [-0.05, 0) is 18.2 Å². The van der Waals surface area contributed by atoms with Crippen LogP contribution < -0.4 is 10.1 Å². The molecule has 25 heavy (non-hydrogen) atoms. The lowest BCUT2D eigenvalue weighted by atomic mass is 10.3. The van der Waals surface area contributed by atoms with Crippen molar-refractivity contribution in [3.05, 3.63) is 35.1 Å². The van der Waals surface area contributed by atoms with Crippen LogP contribution in [0.25, 0.3) is 0 Å². The minimum absolute atomic E-state index is 0.0349. The summed E-state index contributed by atoms with van der Waals surface area (Å²) in [5.74, 6) is -0.136. The van der Waals surface area contributed by atoms with Crippen LogP contribution in [-0.4, -0.2) is 45.8 Å². The molecule has 0 spiro atoms. The van der Waals surface area contributed by atoms with E-state index < -0.39 is 18.8 Å². The minimum Gasteiger partial charge on any atom is -0.482 e. The number of urea groups is 1. The fourth-order valence-electron chi connectivity index (χ4n) is 1.88. The number of halogens is 4. The van der Waals surface area contributed by atoms with Crippen LogP contribution in [0.4, 0.5) is 23.7 Å². The summed E-state index contributed by atoms with van der Waals surface area (Å²) in [5.41, 5.74) is 0.590. The van der Waals surface area contributed by atoms with Gasteiger partial charge in [0.1, 0.15) is 11.4 Å². The number of ether oxygens (including phenoxy) is 1. The first-order valence-electron chi connectivity index (χ1n) is 7.00. The topological polar surface area (TPSA) is 72.3 Å². The molecule has 2 aromatic rings. The minimum atomic E-state index is -4.50. The molecular weight excluding hydrogens is 363 g/mol. The Labute approximate surface area is 146 Å². The normalized spacial score (nSPS) is 11.3. The van der Waals surface area contributed by atoms with E-state index in [-0.39, 0.29) is 23.0 Å². The van der Waals surface area contributed by atoms with Crippen molar-refractivity contribution in [1.29, 1.82) is 0 Å². The van der Waals surface area contributed by atoms with Crippen molar-refractivity contribution in [3.8, 4) is 5.75 Å². The Morgan fingerprint density at radius 3 is 2.76 bits per heavy atom. The van der Waals surface area contributed by atoms with Crippen LogP contribution in [0.5, 0.6) is 5.75 Å². The summed E-state index contributed by atoms with van der Waals surface area (Å²) in [6, 6.07) is 3.37. The van der Waals surface area contributed by atoms with Crippen molar-refractivity contribution in [2.75, 3.05) is 19.0 Å². The van der Waals surface area contributed by atoms with Crippen LogP contribution in [0.3, 0.4) is 0 Å². The molecule has 0 saturated carbocycles. The fraction of sp³-hybridized carbons (Fsp3) is 0.357. The molecule has 1 aromatic heterocycles. The summed E-state index contributed by atoms with van der Waals surface area (Å²) in [4.78, 5) is 13.5. The molecule has 11 heteroatoms. The Balaban J connectivity index is 2.06. The van der Waals surface area contributed by atoms with E-state index in [9.17, 15) is 18.0 Å². The number of benzene rings is 1. The summed E-state index contributed by atoms with van der Waals surface area (Å²) in [7, 11) is 3.19. The zero-order chi connectivity index (χ0) is 18.6. The molecule has 0 fully saturated rings. The molecule has 0 saturated heterocycles. The van der Waals surface area contributed by atoms with E-state index in [0.717, 1.165) is 0 Å². The highest BCUT2D eigenvalue weighted by Gasteiger charge is 2.29. The monoisotopic (exact) mass is 377 g/mol. The number of alkyl halides is 3. The molecule has 1 N–H and O–H groups in total. The summed E-state index contributed by atoms with van der Waals surface area (Å²) in [6.45, 7) is -1.31. The average Bonchev–Trinajstić information content (AvgIpc) is 2.90. The Bertz CT molecular complexity index is 750. The van der Waals surface area contributed by atoms with Gasteiger partial charge < -0.3 is 15.0 Å². The Kier molecular flexibility index (Phi) is 5.73. The van der Waals surface area contributed by atoms with Crippen LogP contribution in [-0.2, 0) is 13.6 Å². The van der Waals surface area contributed by atoms with Gasteiger partial charge in [-0.1, -0.05) is 16.8 Å². The quantitative estimate of drug-likeness (QED) is 0.869. The third-order valence-corrected chi connectivity index (χ3v) is 3.21. The highest BCUT2D eigenvalue weighted by Crippen LogP contribution is 2.30. The second kappa shape index (κ2) is 7.60. The van der Waals surface area contributed by atoms with Crippen LogP contribution in [0, 0.1) is 0 Å².